The maximum atomic E-state index is 11.6. The van der Waals surface area contributed by atoms with Gasteiger partial charge in [-0.15, -0.1) is 0 Å². The van der Waals surface area contributed by atoms with Crippen molar-refractivity contribution in [3.05, 3.63) is 0 Å². The number of nitrogens with two attached hydrogens (primary N) is 1. The van der Waals surface area contributed by atoms with Crippen molar-refractivity contribution in [3.63, 3.8) is 0 Å². The average Bonchev–Trinajstić information content (AvgIpc) is 2.76. The zero-order chi connectivity index (χ0) is 13.6. The van der Waals surface area contributed by atoms with Gasteiger partial charge in [-0.1, -0.05) is 28.0 Å². The van der Waals surface area contributed by atoms with E-state index in [4.69, 9.17) is 10.3 Å². The highest BCUT2D eigenvalue weighted by atomic mass is 33.1. The number of unbranched alkanes of at least 4 members (excludes halogenated alkanes) is 1. The molecule has 1 rings (SSSR count). The van der Waals surface area contributed by atoms with Gasteiger partial charge in [0.15, 0.2) is 11.0 Å². The van der Waals surface area contributed by atoms with Crippen molar-refractivity contribution in [3.8, 4) is 0 Å². The molecule has 1 aliphatic rings. The van der Waals surface area contributed by atoms with E-state index in [-0.39, 0.29) is 13.0 Å². The summed E-state index contributed by atoms with van der Waals surface area (Å²) in [5.74, 6) is 0.708. The van der Waals surface area contributed by atoms with Crippen LogP contribution < -0.4 is 5.73 Å². The summed E-state index contributed by atoms with van der Waals surface area (Å²) in [6.45, 7) is -0.354. The molecule has 0 aromatic heterocycles. The number of carbonyl (C=O) groups excluding carboxylic acids is 1. The molecule has 1 saturated heterocycles. The van der Waals surface area contributed by atoms with Crippen molar-refractivity contribution >= 4 is 37.5 Å². The highest BCUT2D eigenvalue weighted by Gasteiger charge is 2.28. The third-order valence-corrected chi connectivity index (χ3v) is 7.04. The van der Waals surface area contributed by atoms with Gasteiger partial charge in [-0.3, -0.25) is 9.35 Å². The van der Waals surface area contributed by atoms with Crippen molar-refractivity contribution in [1.82, 2.24) is 0 Å². The second-order valence-corrected chi connectivity index (χ2v) is 8.67. The van der Waals surface area contributed by atoms with Crippen LogP contribution in [0.1, 0.15) is 32.1 Å². The van der Waals surface area contributed by atoms with Crippen LogP contribution in [0.5, 0.6) is 0 Å². The molecule has 5 nitrogen and oxygen atoms in total. The van der Waals surface area contributed by atoms with E-state index in [0.29, 0.717) is 11.7 Å². The maximum absolute atomic E-state index is 11.6. The van der Waals surface area contributed by atoms with Crippen LogP contribution >= 0.6 is 21.6 Å². The van der Waals surface area contributed by atoms with E-state index in [9.17, 15) is 13.2 Å². The Bertz CT molecular complexity index is 365. The van der Waals surface area contributed by atoms with Gasteiger partial charge in [0, 0.05) is 24.0 Å². The first-order valence-corrected chi connectivity index (χ1v) is 9.81. The molecule has 1 aliphatic heterocycles. The van der Waals surface area contributed by atoms with Crippen LogP contribution in [0.3, 0.4) is 0 Å². The number of hydrogen-bond acceptors (Lipinski definition) is 6. The molecule has 0 aromatic rings. The van der Waals surface area contributed by atoms with E-state index in [0.717, 1.165) is 12.8 Å². The molecule has 2 unspecified atom stereocenters. The topological polar surface area (TPSA) is 97.5 Å². The van der Waals surface area contributed by atoms with Crippen LogP contribution in [-0.4, -0.2) is 41.6 Å². The lowest BCUT2D eigenvalue weighted by atomic mass is 10.1. The second-order valence-electron chi connectivity index (χ2n) is 4.28. The lowest BCUT2D eigenvalue weighted by molar-refractivity contribution is -0.118. The van der Waals surface area contributed by atoms with Crippen molar-refractivity contribution in [2.45, 2.75) is 42.6 Å². The predicted molar refractivity (Wildman–Crippen MR) is 76.3 cm³/mol. The van der Waals surface area contributed by atoms with Gasteiger partial charge in [-0.2, -0.15) is 8.42 Å². The lowest BCUT2D eigenvalue weighted by Gasteiger charge is -2.10. The molecule has 0 aromatic carbocycles. The summed E-state index contributed by atoms with van der Waals surface area (Å²) in [4.78, 5) is 11.6. The summed E-state index contributed by atoms with van der Waals surface area (Å²) in [6, 6.07) is 0. The van der Waals surface area contributed by atoms with Gasteiger partial charge >= 0.3 is 0 Å². The summed E-state index contributed by atoms with van der Waals surface area (Å²) >= 11 is 0. The summed E-state index contributed by atoms with van der Waals surface area (Å²) in [6.07, 6.45) is 4.01. The fraction of sp³-hybridized carbons (Fsp3) is 0.900. The van der Waals surface area contributed by atoms with Crippen molar-refractivity contribution < 1.29 is 17.8 Å². The number of Topliss-reactive ketones (excluding diaryl/α,β-unsaturated/α-hetero) is 1. The quantitative estimate of drug-likeness (QED) is 0.398. The number of ketones is 1. The molecular formula is C10H19NO4S3. The standard InChI is InChI=1S/C10H19NO4S3/c11-7-10(18(13,14)15)9(12)4-2-1-3-8-5-6-16-17-8/h8,10H,1-7,11H2,(H,13,14,15). The first kappa shape index (κ1) is 16.3. The van der Waals surface area contributed by atoms with Crippen molar-refractivity contribution in [2.75, 3.05) is 12.3 Å². The first-order valence-electron chi connectivity index (χ1n) is 5.92. The van der Waals surface area contributed by atoms with E-state index in [1.807, 2.05) is 21.6 Å². The molecule has 0 bridgehead atoms. The number of hydrogen-bond donors (Lipinski definition) is 2. The minimum atomic E-state index is -4.35. The van der Waals surface area contributed by atoms with Gasteiger partial charge < -0.3 is 5.73 Å². The fourth-order valence-electron chi connectivity index (χ4n) is 1.82. The largest absolute Gasteiger partial charge is 0.329 e. The monoisotopic (exact) mass is 313 g/mol. The predicted octanol–water partition coefficient (Wildman–Crippen LogP) is 1.48. The van der Waals surface area contributed by atoms with Gasteiger partial charge in [0.2, 0.25) is 0 Å². The Labute approximate surface area is 116 Å². The van der Waals surface area contributed by atoms with Gasteiger partial charge in [0.05, 0.1) is 0 Å². The van der Waals surface area contributed by atoms with Gasteiger partial charge in [0.1, 0.15) is 0 Å². The molecule has 106 valence electrons. The summed E-state index contributed by atoms with van der Waals surface area (Å²) < 4.78 is 30.6. The normalized spacial score (nSPS) is 22.0. The molecule has 0 radical (unpaired) electrons. The Morgan fingerprint density at radius 2 is 2.17 bits per heavy atom. The molecule has 1 heterocycles. The third-order valence-electron chi connectivity index (χ3n) is 2.86. The van der Waals surface area contributed by atoms with Crippen LogP contribution in [0.15, 0.2) is 0 Å². The zero-order valence-electron chi connectivity index (χ0n) is 10.1. The Morgan fingerprint density at radius 1 is 1.44 bits per heavy atom. The third kappa shape index (κ3) is 5.48. The van der Waals surface area contributed by atoms with E-state index < -0.39 is 21.2 Å². The molecule has 0 spiro atoms. The van der Waals surface area contributed by atoms with E-state index in [2.05, 4.69) is 0 Å². The highest BCUT2D eigenvalue weighted by Crippen LogP contribution is 2.39. The first-order chi connectivity index (χ1) is 8.45. The summed E-state index contributed by atoms with van der Waals surface area (Å²) in [7, 11) is -0.578. The van der Waals surface area contributed by atoms with E-state index in [1.54, 1.807) is 0 Å². The van der Waals surface area contributed by atoms with Crippen LogP contribution in [0.4, 0.5) is 0 Å². The molecule has 8 heteroatoms. The number of carbonyl (C=O) groups is 1. The minimum Gasteiger partial charge on any atom is -0.329 e. The maximum Gasteiger partial charge on any atom is 0.276 e. The minimum absolute atomic E-state index is 0.173. The summed E-state index contributed by atoms with van der Waals surface area (Å²) in [5, 5.41) is -0.786. The van der Waals surface area contributed by atoms with E-state index >= 15 is 0 Å². The number of rotatable bonds is 8. The lowest BCUT2D eigenvalue weighted by Crippen LogP contribution is -2.36. The molecule has 2 atom stereocenters. The molecular weight excluding hydrogens is 294 g/mol. The Morgan fingerprint density at radius 3 is 2.67 bits per heavy atom. The SMILES string of the molecule is NCC(C(=O)CCCCC1CCSS1)S(=O)(=O)O. The molecule has 0 saturated carbocycles. The van der Waals surface area contributed by atoms with Gasteiger partial charge in [-0.25, -0.2) is 0 Å². The zero-order valence-corrected chi connectivity index (χ0v) is 12.5. The van der Waals surface area contributed by atoms with E-state index in [1.165, 1.54) is 12.2 Å². The highest BCUT2D eigenvalue weighted by molar-refractivity contribution is 8.77. The average molecular weight is 313 g/mol. The van der Waals surface area contributed by atoms with Crippen LogP contribution in [0.25, 0.3) is 0 Å². The smallest absolute Gasteiger partial charge is 0.276 e. The summed E-state index contributed by atoms with van der Waals surface area (Å²) in [5.41, 5.74) is 5.20. The molecule has 0 aliphatic carbocycles. The van der Waals surface area contributed by atoms with Gasteiger partial charge in [0.25, 0.3) is 10.1 Å². The van der Waals surface area contributed by atoms with Gasteiger partial charge in [-0.05, 0) is 19.3 Å². The molecule has 1 fully saturated rings. The molecule has 0 amide bonds. The Hall–Kier alpha value is 0.240. The van der Waals surface area contributed by atoms with Crippen molar-refractivity contribution in [2.24, 2.45) is 5.73 Å². The fourth-order valence-corrected chi connectivity index (χ4v) is 5.54. The Balaban J connectivity index is 2.23. The molecule has 18 heavy (non-hydrogen) atoms. The van der Waals surface area contributed by atoms with Crippen molar-refractivity contribution in [1.29, 1.82) is 0 Å². The van der Waals surface area contributed by atoms with Crippen LogP contribution in [0, 0.1) is 0 Å². The second kappa shape index (κ2) is 7.74. The van der Waals surface area contributed by atoms with Crippen LogP contribution in [0.2, 0.25) is 0 Å². The molecule has 3 N–H and O–H groups in total. The Kier molecular flexibility index (Phi) is 7.01. The van der Waals surface area contributed by atoms with Crippen LogP contribution in [-0.2, 0) is 14.9 Å².